The number of nitrogens with zero attached hydrogens (tertiary/aromatic N) is 4. The van der Waals surface area contributed by atoms with Crippen LogP contribution < -0.4 is 0 Å². The van der Waals surface area contributed by atoms with Gasteiger partial charge in [0.25, 0.3) is 0 Å². The molecule has 5 nitrogen and oxygen atoms in total. The van der Waals surface area contributed by atoms with Crippen molar-refractivity contribution in [2.45, 2.75) is 110 Å². The van der Waals surface area contributed by atoms with Crippen LogP contribution in [0, 0.1) is 0 Å². The Bertz CT molecular complexity index is 808. The summed E-state index contributed by atoms with van der Waals surface area (Å²) in [6.07, 6.45) is 2.95. The summed E-state index contributed by atoms with van der Waals surface area (Å²) >= 11 is 0. The molecule has 0 radical (unpaired) electrons. The molecule has 156 valence electrons. The maximum absolute atomic E-state index is 14.1. The van der Waals surface area contributed by atoms with E-state index in [9.17, 15) is 4.21 Å². The van der Waals surface area contributed by atoms with E-state index in [-0.39, 0.29) is 21.9 Å². The van der Waals surface area contributed by atoms with Gasteiger partial charge in [-0.15, -0.1) is 5.10 Å². The average Bonchev–Trinajstić information content (AvgIpc) is 2.89. The predicted molar refractivity (Wildman–Crippen MR) is 115 cm³/mol. The predicted octanol–water partition coefficient (Wildman–Crippen LogP) is 5.04. The molecule has 2 heterocycles. The monoisotopic (exact) mass is 396 g/mol. The third kappa shape index (κ3) is 4.41. The standard InChI is InChI=1S/C21H40N4OS/c1-11-13-20(7,8)23-27(26)14-18(3,4)16-17(19(5,6)15-27)25(24-22-16)21(9,10)12-2/h11-15H2,1-10H3. The minimum Gasteiger partial charge on any atom is -0.250 e. The molecule has 1 aliphatic heterocycles. The number of hydrogen-bond acceptors (Lipinski definition) is 4. The molecule has 1 atom stereocenters. The highest BCUT2D eigenvalue weighted by molar-refractivity contribution is 7.93. The molecule has 0 N–H and O–H groups in total. The van der Waals surface area contributed by atoms with Crippen LogP contribution in [0.1, 0.15) is 99.9 Å². The minimum absolute atomic E-state index is 0.127. The lowest BCUT2D eigenvalue weighted by molar-refractivity contribution is 0.278. The van der Waals surface area contributed by atoms with Gasteiger partial charge in [0.15, 0.2) is 0 Å². The van der Waals surface area contributed by atoms with Crippen LogP contribution in [0.5, 0.6) is 0 Å². The van der Waals surface area contributed by atoms with Crippen LogP contribution >= 0.6 is 0 Å². The lowest BCUT2D eigenvalue weighted by Gasteiger charge is -2.32. The number of rotatable bonds is 5. The van der Waals surface area contributed by atoms with Gasteiger partial charge in [-0.2, -0.15) is 0 Å². The van der Waals surface area contributed by atoms with E-state index < -0.39 is 9.73 Å². The van der Waals surface area contributed by atoms with Gasteiger partial charge in [-0.05, 0) is 40.5 Å². The summed E-state index contributed by atoms with van der Waals surface area (Å²) < 4.78 is 21.2. The van der Waals surface area contributed by atoms with E-state index in [0.29, 0.717) is 11.5 Å². The zero-order valence-corrected chi connectivity index (χ0v) is 20.0. The van der Waals surface area contributed by atoms with Gasteiger partial charge in [0, 0.05) is 32.1 Å². The Balaban J connectivity index is 2.71. The molecular formula is C21H40N4OS. The normalized spacial score (nSPS) is 25.0. The summed E-state index contributed by atoms with van der Waals surface area (Å²) in [6.45, 7) is 21.6. The fraction of sp³-hybridized carbons (Fsp3) is 0.905. The largest absolute Gasteiger partial charge is 0.250 e. The molecule has 0 aromatic carbocycles. The highest BCUT2D eigenvalue weighted by Crippen LogP contribution is 2.42. The molecule has 2 rings (SSSR count). The van der Waals surface area contributed by atoms with Gasteiger partial charge in [-0.1, -0.05) is 53.2 Å². The van der Waals surface area contributed by atoms with Crippen molar-refractivity contribution in [1.29, 1.82) is 0 Å². The highest BCUT2D eigenvalue weighted by atomic mass is 32.2. The Hall–Kier alpha value is -0.910. The summed E-state index contributed by atoms with van der Waals surface area (Å²) in [7, 11) is -2.38. The molecule has 0 spiro atoms. The van der Waals surface area contributed by atoms with E-state index in [2.05, 4.69) is 84.2 Å². The third-order valence-electron chi connectivity index (χ3n) is 5.84. The van der Waals surface area contributed by atoms with Crippen molar-refractivity contribution in [3.05, 3.63) is 11.4 Å². The highest BCUT2D eigenvalue weighted by Gasteiger charge is 2.46. The molecule has 1 aromatic heterocycles. The fourth-order valence-corrected chi connectivity index (χ4v) is 8.16. The maximum Gasteiger partial charge on any atom is 0.0930 e. The molecule has 0 saturated heterocycles. The van der Waals surface area contributed by atoms with Gasteiger partial charge in [0.1, 0.15) is 0 Å². The smallest absolute Gasteiger partial charge is 0.0930 e. The Labute approximate surface area is 166 Å². The van der Waals surface area contributed by atoms with E-state index in [0.717, 1.165) is 30.7 Å². The lowest BCUT2D eigenvalue weighted by atomic mass is 9.81. The van der Waals surface area contributed by atoms with Crippen LogP contribution in [0.3, 0.4) is 0 Å². The molecule has 0 amide bonds. The molecule has 0 bridgehead atoms. The fourth-order valence-electron chi connectivity index (χ4n) is 4.41. The molecule has 6 heteroatoms. The minimum atomic E-state index is -2.38. The zero-order chi connectivity index (χ0) is 20.9. The van der Waals surface area contributed by atoms with E-state index in [1.807, 2.05) is 0 Å². The van der Waals surface area contributed by atoms with Crippen molar-refractivity contribution in [3.63, 3.8) is 0 Å². The number of aromatic nitrogens is 3. The first-order valence-electron chi connectivity index (χ1n) is 10.3. The first kappa shape index (κ1) is 22.4. The molecule has 1 aromatic rings. The lowest BCUT2D eigenvalue weighted by Crippen LogP contribution is -2.37. The van der Waals surface area contributed by atoms with E-state index in [4.69, 9.17) is 4.36 Å². The number of fused-ring (bicyclic) bond motifs is 1. The van der Waals surface area contributed by atoms with Crippen molar-refractivity contribution >= 4 is 9.73 Å². The van der Waals surface area contributed by atoms with Crippen molar-refractivity contribution in [2.75, 3.05) is 11.5 Å². The van der Waals surface area contributed by atoms with Crippen molar-refractivity contribution in [2.24, 2.45) is 4.36 Å². The summed E-state index contributed by atoms with van der Waals surface area (Å²) in [5, 5.41) is 9.19. The molecular weight excluding hydrogens is 356 g/mol. The van der Waals surface area contributed by atoms with E-state index in [1.165, 1.54) is 0 Å². The van der Waals surface area contributed by atoms with Crippen LogP contribution in [0.4, 0.5) is 0 Å². The average molecular weight is 397 g/mol. The van der Waals surface area contributed by atoms with Gasteiger partial charge in [0.2, 0.25) is 0 Å². The summed E-state index contributed by atoms with van der Waals surface area (Å²) in [6, 6.07) is 0. The SMILES string of the molecule is CCCC(C)(C)N=S1(=O)CC(C)(C)c2nnn(C(C)(C)CC)c2C(C)(C)C1. The molecule has 1 aliphatic rings. The Morgan fingerprint density at radius 1 is 1.07 bits per heavy atom. The third-order valence-corrected chi connectivity index (χ3v) is 9.01. The Kier molecular flexibility index (Phi) is 5.68. The second-order valence-corrected chi connectivity index (χ2v) is 13.2. The summed E-state index contributed by atoms with van der Waals surface area (Å²) in [5.74, 6) is 1.09. The van der Waals surface area contributed by atoms with Crippen molar-refractivity contribution in [3.8, 4) is 0 Å². The van der Waals surface area contributed by atoms with Crippen LogP contribution in [0.25, 0.3) is 0 Å². The first-order chi connectivity index (χ1) is 12.1. The van der Waals surface area contributed by atoms with Crippen molar-refractivity contribution < 1.29 is 4.21 Å². The second-order valence-electron chi connectivity index (χ2n) is 10.8. The van der Waals surface area contributed by atoms with E-state index in [1.54, 1.807) is 0 Å². The van der Waals surface area contributed by atoms with Crippen LogP contribution in [0.2, 0.25) is 0 Å². The van der Waals surface area contributed by atoms with Gasteiger partial charge < -0.3 is 0 Å². The van der Waals surface area contributed by atoms with Crippen LogP contribution in [0.15, 0.2) is 4.36 Å². The molecule has 27 heavy (non-hydrogen) atoms. The van der Waals surface area contributed by atoms with Crippen LogP contribution in [-0.2, 0) is 26.1 Å². The molecule has 0 saturated carbocycles. The molecule has 0 aliphatic carbocycles. The number of hydrogen-bond donors (Lipinski definition) is 0. The van der Waals surface area contributed by atoms with Gasteiger partial charge in [-0.3, -0.25) is 0 Å². The zero-order valence-electron chi connectivity index (χ0n) is 19.1. The van der Waals surface area contributed by atoms with E-state index >= 15 is 0 Å². The Morgan fingerprint density at radius 3 is 2.15 bits per heavy atom. The van der Waals surface area contributed by atoms with Gasteiger partial charge >= 0.3 is 0 Å². The summed E-state index contributed by atoms with van der Waals surface area (Å²) in [5.41, 5.74) is 1.10. The topological polar surface area (TPSA) is 60.1 Å². The Morgan fingerprint density at radius 2 is 1.63 bits per heavy atom. The first-order valence-corrected chi connectivity index (χ1v) is 12.2. The molecule has 1 unspecified atom stereocenters. The van der Waals surface area contributed by atoms with Gasteiger partial charge in [0.05, 0.1) is 22.5 Å². The maximum atomic E-state index is 14.1. The second kappa shape index (κ2) is 6.85. The summed E-state index contributed by atoms with van der Waals surface area (Å²) in [4.78, 5) is 0. The van der Waals surface area contributed by atoms with Crippen molar-refractivity contribution in [1.82, 2.24) is 15.0 Å². The quantitative estimate of drug-likeness (QED) is 0.700. The van der Waals surface area contributed by atoms with Crippen LogP contribution in [-0.4, -0.2) is 36.2 Å². The van der Waals surface area contributed by atoms with Gasteiger partial charge in [-0.25, -0.2) is 13.3 Å². The molecule has 0 fully saturated rings.